The van der Waals surface area contributed by atoms with Gasteiger partial charge in [-0.3, -0.25) is 10.3 Å². The third-order valence-electron chi connectivity index (χ3n) is 2.58. The van der Waals surface area contributed by atoms with Crippen molar-refractivity contribution in [3.8, 4) is 0 Å². The van der Waals surface area contributed by atoms with Crippen LogP contribution in [0.25, 0.3) is 0 Å². The van der Waals surface area contributed by atoms with Crippen molar-refractivity contribution in [2.45, 2.75) is 26.2 Å². The first kappa shape index (κ1) is 8.57. The Bertz CT molecular complexity index is 309. The van der Waals surface area contributed by atoms with Gasteiger partial charge in [-0.2, -0.15) is 0 Å². The summed E-state index contributed by atoms with van der Waals surface area (Å²) >= 11 is 0. The molecule has 13 heavy (non-hydrogen) atoms. The molecule has 0 aromatic heterocycles. The van der Waals surface area contributed by atoms with Crippen molar-refractivity contribution in [1.29, 1.82) is 0 Å². The van der Waals surface area contributed by atoms with E-state index >= 15 is 0 Å². The quantitative estimate of drug-likeness (QED) is 0.658. The van der Waals surface area contributed by atoms with Crippen LogP contribution in [0.15, 0.2) is 18.2 Å². The van der Waals surface area contributed by atoms with Gasteiger partial charge in [0.25, 0.3) is 0 Å². The molecule has 1 aliphatic heterocycles. The standard InChI is InChI=1S/C11H15NO/c1-9-5-6-11-10(8-9)4-2-3-7-12(11)13/h5-6,8,13H,2-4,7H2,1H3. The summed E-state index contributed by atoms with van der Waals surface area (Å²) in [7, 11) is 0. The van der Waals surface area contributed by atoms with Gasteiger partial charge in [0.1, 0.15) is 0 Å². The average Bonchev–Trinajstić information content (AvgIpc) is 2.28. The number of benzene rings is 1. The van der Waals surface area contributed by atoms with Crippen LogP contribution in [0.1, 0.15) is 24.0 Å². The van der Waals surface area contributed by atoms with E-state index < -0.39 is 0 Å². The third-order valence-corrected chi connectivity index (χ3v) is 2.58. The molecule has 0 aliphatic carbocycles. The number of hydrogen-bond acceptors (Lipinski definition) is 2. The maximum atomic E-state index is 9.67. The van der Waals surface area contributed by atoms with E-state index in [0.29, 0.717) is 0 Å². The fourth-order valence-corrected chi connectivity index (χ4v) is 1.86. The molecule has 2 nitrogen and oxygen atoms in total. The number of fused-ring (bicyclic) bond motifs is 1. The van der Waals surface area contributed by atoms with Crippen LogP contribution in [0.3, 0.4) is 0 Å². The summed E-state index contributed by atoms with van der Waals surface area (Å²) in [6.07, 6.45) is 3.34. The van der Waals surface area contributed by atoms with Gasteiger partial charge in [-0.05, 0) is 37.8 Å². The Morgan fingerprint density at radius 2 is 2.15 bits per heavy atom. The van der Waals surface area contributed by atoms with Crippen molar-refractivity contribution in [1.82, 2.24) is 0 Å². The van der Waals surface area contributed by atoms with Crippen molar-refractivity contribution in [2.24, 2.45) is 0 Å². The van der Waals surface area contributed by atoms with Crippen LogP contribution in [-0.2, 0) is 6.42 Å². The SMILES string of the molecule is Cc1ccc2c(c1)CCCCN2O. The van der Waals surface area contributed by atoms with Crippen molar-refractivity contribution >= 4 is 5.69 Å². The number of hydrogen-bond donors (Lipinski definition) is 1. The molecule has 0 unspecified atom stereocenters. The predicted molar refractivity (Wildman–Crippen MR) is 53.2 cm³/mol. The Kier molecular flexibility index (Phi) is 2.23. The number of hydroxylamine groups is 1. The van der Waals surface area contributed by atoms with Gasteiger partial charge in [0.2, 0.25) is 0 Å². The molecule has 0 bridgehead atoms. The summed E-state index contributed by atoms with van der Waals surface area (Å²) in [6.45, 7) is 2.85. The number of aryl methyl sites for hydroxylation is 2. The zero-order valence-electron chi connectivity index (χ0n) is 7.95. The van der Waals surface area contributed by atoms with Crippen LogP contribution in [0, 0.1) is 6.92 Å². The summed E-state index contributed by atoms with van der Waals surface area (Å²) in [5, 5.41) is 11.0. The van der Waals surface area contributed by atoms with Crippen LogP contribution < -0.4 is 5.06 Å². The molecule has 0 fully saturated rings. The molecule has 0 saturated heterocycles. The van der Waals surface area contributed by atoms with Crippen LogP contribution >= 0.6 is 0 Å². The smallest absolute Gasteiger partial charge is 0.0666 e. The number of rotatable bonds is 0. The van der Waals surface area contributed by atoms with E-state index in [4.69, 9.17) is 0 Å². The minimum absolute atomic E-state index is 0.760. The van der Waals surface area contributed by atoms with Gasteiger partial charge in [0, 0.05) is 6.54 Å². The van der Waals surface area contributed by atoms with Gasteiger partial charge in [-0.1, -0.05) is 17.7 Å². The Hall–Kier alpha value is -1.02. The minimum Gasteiger partial charge on any atom is -0.288 e. The summed E-state index contributed by atoms with van der Waals surface area (Å²) in [4.78, 5) is 0. The van der Waals surface area contributed by atoms with Gasteiger partial charge in [-0.25, -0.2) is 0 Å². The Balaban J connectivity index is 2.42. The summed E-state index contributed by atoms with van der Waals surface area (Å²) in [5.74, 6) is 0. The Morgan fingerprint density at radius 1 is 1.31 bits per heavy atom. The molecule has 1 N–H and O–H groups in total. The molecule has 2 heteroatoms. The molecule has 1 aliphatic rings. The normalized spacial score (nSPS) is 16.6. The first-order chi connectivity index (χ1) is 6.27. The summed E-state index contributed by atoms with van der Waals surface area (Å²) < 4.78 is 0. The van der Waals surface area contributed by atoms with Gasteiger partial charge < -0.3 is 0 Å². The molecule has 0 amide bonds. The van der Waals surface area contributed by atoms with E-state index in [0.717, 1.165) is 25.1 Å². The fourth-order valence-electron chi connectivity index (χ4n) is 1.86. The zero-order chi connectivity index (χ0) is 9.26. The van der Waals surface area contributed by atoms with E-state index in [1.165, 1.54) is 22.6 Å². The lowest BCUT2D eigenvalue weighted by Crippen LogP contribution is -2.18. The van der Waals surface area contributed by atoms with Crippen LogP contribution in [0.4, 0.5) is 5.69 Å². The largest absolute Gasteiger partial charge is 0.288 e. The first-order valence-corrected chi connectivity index (χ1v) is 4.83. The second-order valence-corrected chi connectivity index (χ2v) is 3.71. The molecule has 1 aromatic rings. The monoisotopic (exact) mass is 177 g/mol. The molecule has 0 radical (unpaired) electrons. The van der Waals surface area contributed by atoms with E-state index in [2.05, 4.69) is 13.0 Å². The first-order valence-electron chi connectivity index (χ1n) is 4.83. The second-order valence-electron chi connectivity index (χ2n) is 3.71. The zero-order valence-corrected chi connectivity index (χ0v) is 7.95. The van der Waals surface area contributed by atoms with Crippen molar-refractivity contribution in [2.75, 3.05) is 11.6 Å². The van der Waals surface area contributed by atoms with Crippen LogP contribution in [0.2, 0.25) is 0 Å². The summed E-state index contributed by atoms with van der Waals surface area (Å²) in [5.41, 5.74) is 3.54. The number of nitrogens with zero attached hydrogens (tertiary/aromatic N) is 1. The minimum atomic E-state index is 0.760. The molecule has 0 spiro atoms. The second kappa shape index (κ2) is 3.38. The van der Waals surface area contributed by atoms with E-state index in [-0.39, 0.29) is 0 Å². The molecule has 0 atom stereocenters. The Morgan fingerprint density at radius 3 is 3.00 bits per heavy atom. The lowest BCUT2D eigenvalue weighted by molar-refractivity contribution is 0.254. The lowest BCUT2D eigenvalue weighted by atomic mass is 10.1. The molecule has 0 saturated carbocycles. The van der Waals surface area contributed by atoms with E-state index in [1.54, 1.807) is 0 Å². The highest BCUT2D eigenvalue weighted by molar-refractivity contribution is 5.53. The average molecular weight is 177 g/mol. The molecular weight excluding hydrogens is 162 g/mol. The third kappa shape index (κ3) is 1.68. The molecular formula is C11H15NO. The highest BCUT2D eigenvalue weighted by Gasteiger charge is 2.12. The predicted octanol–water partition coefficient (Wildman–Crippen LogP) is 2.53. The van der Waals surface area contributed by atoms with E-state index in [1.807, 2.05) is 12.1 Å². The molecule has 2 rings (SSSR count). The topological polar surface area (TPSA) is 23.5 Å². The van der Waals surface area contributed by atoms with Gasteiger partial charge in [0.15, 0.2) is 0 Å². The molecule has 1 aromatic carbocycles. The van der Waals surface area contributed by atoms with E-state index in [9.17, 15) is 5.21 Å². The van der Waals surface area contributed by atoms with Gasteiger partial charge in [0.05, 0.1) is 5.69 Å². The van der Waals surface area contributed by atoms with Gasteiger partial charge in [-0.15, -0.1) is 0 Å². The highest BCUT2D eigenvalue weighted by Crippen LogP contribution is 2.25. The highest BCUT2D eigenvalue weighted by atomic mass is 16.5. The fraction of sp³-hybridized carbons (Fsp3) is 0.455. The Labute approximate surface area is 78.8 Å². The van der Waals surface area contributed by atoms with Crippen LogP contribution in [0.5, 0.6) is 0 Å². The maximum Gasteiger partial charge on any atom is 0.0666 e. The lowest BCUT2D eigenvalue weighted by Gasteiger charge is -2.16. The van der Waals surface area contributed by atoms with Crippen molar-refractivity contribution in [3.63, 3.8) is 0 Å². The van der Waals surface area contributed by atoms with Crippen LogP contribution in [-0.4, -0.2) is 11.8 Å². The van der Waals surface area contributed by atoms with Gasteiger partial charge >= 0.3 is 0 Å². The number of anilines is 1. The summed E-state index contributed by atoms with van der Waals surface area (Å²) in [6, 6.07) is 6.23. The maximum absolute atomic E-state index is 9.67. The molecule has 70 valence electrons. The molecule has 1 heterocycles. The van der Waals surface area contributed by atoms with Crippen molar-refractivity contribution in [3.05, 3.63) is 29.3 Å². The van der Waals surface area contributed by atoms with Crippen molar-refractivity contribution < 1.29 is 5.21 Å².